The van der Waals surface area contributed by atoms with Crippen LogP contribution in [0, 0.1) is 0 Å². The van der Waals surface area contributed by atoms with E-state index >= 15 is 0 Å². The smallest absolute Gasteiger partial charge is 0.0835 e. The van der Waals surface area contributed by atoms with Crippen LogP contribution < -0.4 is 0 Å². The van der Waals surface area contributed by atoms with Crippen molar-refractivity contribution in [2.75, 3.05) is 13.2 Å². The highest BCUT2D eigenvalue weighted by atomic mass is 16.7. The quantitative estimate of drug-likeness (QED) is 0.520. The molecule has 0 saturated carbocycles. The van der Waals surface area contributed by atoms with Gasteiger partial charge < -0.3 is 0 Å². The lowest BCUT2D eigenvalue weighted by molar-refractivity contribution is -0.272. The molecule has 0 bridgehead atoms. The van der Waals surface area contributed by atoms with Gasteiger partial charge in [-0.25, -0.2) is 0 Å². The Bertz CT molecular complexity index is 157. The summed E-state index contributed by atoms with van der Waals surface area (Å²) in [5.74, 6) is 0. The van der Waals surface area contributed by atoms with Crippen molar-refractivity contribution < 1.29 is 4.84 Å². The Labute approximate surface area is 101 Å². The molecule has 1 aliphatic heterocycles. The van der Waals surface area contributed by atoms with E-state index in [9.17, 15) is 0 Å². The van der Waals surface area contributed by atoms with Crippen molar-refractivity contribution in [3.63, 3.8) is 0 Å². The fraction of sp³-hybridized carbons (Fsp3) is 1.00. The molecule has 0 spiro atoms. The summed E-state index contributed by atoms with van der Waals surface area (Å²) in [5, 5.41) is 2.22. The van der Waals surface area contributed by atoms with Gasteiger partial charge in [-0.1, -0.05) is 58.8 Å². The average Bonchev–Trinajstić information content (AvgIpc) is 2.22. The zero-order chi connectivity index (χ0) is 11.6. The lowest BCUT2D eigenvalue weighted by atomic mass is 10.0. The van der Waals surface area contributed by atoms with E-state index in [1.165, 1.54) is 57.8 Å². The van der Waals surface area contributed by atoms with Crippen molar-refractivity contribution >= 4 is 0 Å². The van der Waals surface area contributed by atoms with Crippen LogP contribution in [0.3, 0.4) is 0 Å². The standard InChI is InChI=1S/C14H29NO/c1-3-5-7-8-9-11-14(10-6-4-2)15-12-13-16-15/h14H,3-13H2,1-2H3. The van der Waals surface area contributed by atoms with Crippen molar-refractivity contribution in [1.82, 2.24) is 5.06 Å². The van der Waals surface area contributed by atoms with Gasteiger partial charge in [-0.05, 0) is 12.8 Å². The summed E-state index contributed by atoms with van der Waals surface area (Å²) in [4.78, 5) is 5.50. The van der Waals surface area contributed by atoms with E-state index in [-0.39, 0.29) is 0 Å². The first kappa shape index (κ1) is 14.0. The van der Waals surface area contributed by atoms with Gasteiger partial charge in [0.2, 0.25) is 0 Å². The van der Waals surface area contributed by atoms with E-state index in [1.807, 2.05) is 0 Å². The van der Waals surface area contributed by atoms with E-state index in [2.05, 4.69) is 18.9 Å². The lowest BCUT2D eigenvalue weighted by Gasteiger charge is -2.37. The van der Waals surface area contributed by atoms with Crippen LogP contribution in [-0.2, 0) is 4.84 Å². The zero-order valence-corrected chi connectivity index (χ0v) is 11.2. The maximum absolute atomic E-state index is 5.50. The molecular formula is C14H29NO. The van der Waals surface area contributed by atoms with Crippen molar-refractivity contribution in [2.45, 2.75) is 77.7 Å². The van der Waals surface area contributed by atoms with E-state index in [1.54, 1.807) is 0 Å². The Morgan fingerprint density at radius 3 is 2.12 bits per heavy atom. The molecule has 1 atom stereocenters. The van der Waals surface area contributed by atoms with Crippen molar-refractivity contribution in [3.05, 3.63) is 0 Å². The molecule has 0 aromatic rings. The number of nitrogens with zero attached hydrogens (tertiary/aromatic N) is 1. The normalized spacial score (nSPS) is 18.4. The summed E-state index contributed by atoms with van der Waals surface area (Å²) < 4.78 is 0. The van der Waals surface area contributed by atoms with Crippen LogP contribution in [0.5, 0.6) is 0 Å². The van der Waals surface area contributed by atoms with Crippen LogP contribution in [-0.4, -0.2) is 24.3 Å². The van der Waals surface area contributed by atoms with Crippen LogP contribution in [0.1, 0.15) is 71.6 Å². The Morgan fingerprint density at radius 1 is 0.938 bits per heavy atom. The summed E-state index contributed by atoms with van der Waals surface area (Å²) >= 11 is 0. The van der Waals surface area contributed by atoms with Crippen LogP contribution in [0.15, 0.2) is 0 Å². The van der Waals surface area contributed by atoms with E-state index < -0.39 is 0 Å². The molecule has 1 rings (SSSR count). The average molecular weight is 227 g/mol. The second-order valence-corrected chi connectivity index (χ2v) is 4.97. The zero-order valence-electron chi connectivity index (χ0n) is 11.2. The van der Waals surface area contributed by atoms with Crippen LogP contribution in [0.25, 0.3) is 0 Å². The lowest BCUT2D eigenvalue weighted by Crippen LogP contribution is -2.46. The largest absolute Gasteiger partial charge is 0.297 e. The maximum Gasteiger partial charge on any atom is 0.0835 e. The van der Waals surface area contributed by atoms with Gasteiger partial charge in [-0.3, -0.25) is 4.84 Å². The van der Waals surface area contributed by atoms with Gasteiger partial charge in [0, 0.05) is 12.6 Å². The molecule has 0 aliphatic carbocycles. The first-order valence-electron chi connectivity index (χ1n) is 7.28. The summed E-state index contributed by atoms with van der Waals surface area (Å²) in [7, 11) is 0. The first-order chi connectivity index (χ1) is 7.88. The molecule has 0 N–H and O–H groups in total. The minimum absolute atomic E-state index is 0.704. The summed E-state index contributed by atoms with van der Waals surface area (Å²) in [6.45, 7) is 6.65. The fourth-order valence-corrected chi connectivity index (χ4v) is 2.34. The third kappa shape index (κ3) is 5.31. The second-order valence-electron chi connectivity index (χ2n) is 4.97. The minimum Gasteiger partial charge on any atom is -0.297 e. The first-order valence-corrected chi connectivity index (χ1v) is 7.28. The van der Waals surface area contributed by atoms with Crippen molar-refractivity contribution in [3.8, 4) is 0 Å². The topological polar surface area (TPSA) is 12.5 Å². The molecule has 1 unspecified atom stereocenters. The second kappa shape index (κ2) is 9.00. The number of hydroxylamine groups is 2. The van der Waals surface area contributed by atoms with E-state index in [4.69, 9.17) is 4.84 Å². The molecule has 1 saturated heterocycles. The predicted octanol–water partition coefficient (Wildman–Crippen LogP) is 4.15. The number of hydrogen-bond donors (Lipinski definition) is 0. The fourth-order valence-electron chi connectivity index (χ4n) is 2.34. The molecule has 0 aromatic heterocycles. The Morgan fingerprint density at radius 2 is 1.56 bits per heavy atom. The van der Waals surface area contributed by atoms with Gasteiger partial charge in [0.05, 0.1) is 6.61 Å². The highest BCUT2D eigenvalue weighted by molar-refractivity contribution is 4.70. The molecule has 2 nitrogen and oxygen atoms in total. The molecular weight excluding hydrogens is 198 g/mol. The van der Waals surface area contributed by atoms with Crippen LogP contribution >= 0.6 is 0 Å². The number of hydrogen-bond acceptors (Lipinski definition) is 2. The molecule has 1 heterocycles. The Hall–Kier alpha value is -0.0800. The molecule has 0 amide bonds. The molecule has 2 heteroatoms. The minimum atomic E-state index is 0.704. The number of unbranched alkanes of at least 4 members (excludes halogenated alkanes) is 5. The van der Waals surface area contributed by atoms with Crippen molar-refractivity contribution in [2.24, 2.45) is 0 Å². The summed E-state index contributed by atoms with van der Waals surface area (Å²) in [6, 6.07) is 0.704. The van der Waals surface area contributed by atoms with Gasteiger partial charge >= 0.3 is 0 Å². The van der Waals surface area contributed by atoms with Crippen molar-refractivity contribution in [1.29, 1.82) is 0 Å². The van der Waals surface area contributed by atoms with Gasteiger partial charge in [0.15, 0.2) is 0 Å². The maximum atomic E-state index is 5.50. The Kier molecular flexibility index (Phi) is 7.87. The SMILES string of the molecule is CCCCCCCC(CCCC)N1CCO1. The van der Waals surface area contributed by atoms with Gasteiger partial charge in [0.1, 0.15) is 0 Å². The molecule has 96 valence electrons. The third-order valence-corrected chi connectivity index (χ3v) is 3.51. The highest BCUT2D eigenvalue weighted by Gasteiger charge is 2.24. The predicted molar refractivity (Wildman–Crippen MR) is 69.3 cm³/mol. The molecule has 16 heavy (non-hydrogen) atoms. The molecule has 1 fully saturated rings. The summed E-state index contributed by atoms with van der Waals surface area (Å²) in [6.07, 6.45) is 12.3. The number of rotatable bonds is 10. The van der Waals surface area contributed by atoms with Gasteiger partial charge in [-0.15, -0.1) is 0 Å². The summed E-state index contributed by atoms with van der Waals surface area (Å²) in [5.41, 5.74) is 0. The van der Waals surface area contributed by atoms with Gasteiger partial charge in [0.25, 0.3) is 0 Å². The highest BCUT2D eigenvalue weighted by Crippen LogP contribution is 2.20. The van der Waals surface area contributed by atoms with Crippen LogP contribution in [0.2, 0.25) is 0 Å². The Balaban J connectivity index is 2.06. The molecule has 0 radical (unpaired) electrons. The van der Waals surface area contributed by atoms with E-state index in [0.29, 0.717) is 6.04 Å². The van der Waals surface area contributed by atoms with Gasteiger partial charge in [-0.2, -0.15) is 5.06 Å². The molecule has 0 aromatic carbocycles. The monoisotopic (exact) mass is 227 g/mol. The van der Waals surface area contributed by atoms with Crippen LogP contribution in [0.4, 0.5) is 0 Å². The molecule has 1 aliphatic rings. The van der Waals surface area contributed by atoms with E-state index in [0.717, 1.165) is 13.2 Å². The third-order valence-electron chi connectivity index (χ3n) is 3.51.